The minimum atomic E-state index is -1.28. The second-order valence-corrected chi connectivity index (χ2v) is 3.79. The number of aromatic hydroxyl groups is 1. The zero-order valence-electron chi connectivity index (χ0n) is 9.95. The van der Waals surface area contributed by atoms with Crippen molar-refractivity contribution in [2.45, 2.75) is 0 Å². The Balaban J connectivity index is 2.20. The Kier molecular flexibility index (Phi) is 3.47. The highest BCUT2D eigenvalue weighted by Crippen LogP contribution is 2.22. The van der Waals surface area contributed by atoms with Crippen LogP contribution in [0.1, 0.15) is 20.8 Å². The summed E-state index contributed by atoms with van der Waals surface area (Å²) in [7, 11) is 0. The predicted molar refractivity (Wildman–Crippen MR) is 67.9 cm³/mol. The van der Waals surface area contributed by atoms with Crippen molar-refractivity contribution >= 4 is 17.6 Å². The molecule has 0 bridgehead atoms. The van der Waals surface area contributed by atoms with E-state index in [1.165, 1.54) is 6.07 Å². The van der Waals surface area contributed by atoms with E-state index in [4.69, 9.17) is 5.11 Å². The number of hydrogen-bond donors (Lipinski definition) is 4. The lowest BCUT2D eigenvalue weighted by molar-refractivity contribution is 0.0693. The number of aromatic amines is 1. The maximum Gasteiger partial charge on any atom is 0.339 e. The first kappa shape index (κ1) is 13.3. The van der Waals surface area contributed by atoms with Crippen LogP contribution in [0.15, 0.2) is 35.4 Å². The molecule has 0 fully saturated rings. The van der Waals surface area contributed by atoms with Gasteiger partial charge in [0, 0.05) is 18.0 Å². The molecule has 0 saturated heterocycles. The van der Waals surface area contributed by atoms with Crippen molar-refractivity contribution in [3.05, 3.63) is 52.2 Å². The van der Waals surface area contributed by atoms with Gasteiger partial charge < -0.3 is 20.5 Å². The number of amides is 1. The summed E-state index contributed by atoms with van der Waals surface area (Å²) in [6, 6.07) is 3.59. The lowest BCUT2D eigenvalue weighted by Crippen LogP contribution is -2.17. The molecule has 1 aromatic carbocycles. The summed E-state index contributed by atoms with van der Waals surface area (Å²) in [5.74, 6) is -2.35. The zero-order chi connectivity index (χ0) is 14.7. The van der Waals surface area contributed by atoms with E-state index in [1.54, 1.807) is 0 Å². The topological polar surface area (TPSA) is 132 Å². The molecular weight excluding hydrogens is 266 g/mol. The normalized spacial score (nSPS) is 10.0. The minimum Gasteiger partial charge on any atom is -0.507 e. The maximum atomic E-state index is 11.8. The van der Waals surface area contributed by atoms with Gasteiger partial charge in [-0.25, -0.2) is 9.78 Å². The first-order chi connectivity index (χ1) is 9.47. The number of aromatic carboxylic acids is 1. The van der Waals surface area contributed by atoms with Crippen molar-refractivity contribution in [1.82, 2.24) is 9.97 Å². The van der Waals surface area contributed by atoms with Crippen LogP contribution in [-0.2, 0) is 0 Å². The van der Waals surface area contributed by atoms with Gasteiger partial charge in [-0.3, -0.25) is 9.59 Å². The van der Waals surface area contributed by atoms with Gasteiger partial charge in [-0.1, -0.05) is 0 Å². The second-order valence-electron chi connectivity index (χ2n) is 3.79. The molecule has 0 aliphatic rings. The van der Waals surface area contributed by atoms with Crippen molar-refractivity contribution in [1.29, 1.82) is 0 Å². The van der Waals surface area contributed by atoms with Gasteiger partial charge in [0.1, 0.15) is 17.0 Å². The summed E-state index contributed by atoms with van der Waals surface area (Å²) in [6.45, 7) is 0. The molecule has 0 aliphatic heterocycles. The quantitative estimate of drug-likeness (QED) is 0.642. The molecule has 1 heterocycles. The fourth-order valence-corrected chi connectivity index (χ4v) is 1.45. The third kappa shape index (κ3) is 2.80. The van der Waals surface area contributed by atoms with Crippen LogP contribution in [0.2, 0.25) is 0 Å². The number of aromatic nitrogens is 2. The number of nitrogens with zero attached hydrogens (tertiary/aromatic N) is 1. The molecule has 0 atom stereocenters. The number of benzene rings is 1. The highest BCUT2D eigenvalue weighted by atomic mass is 16.4. The van der Waals surface area contributed by atoms with Crippen molar-refractivity contribution < 1.29 is 19.8 Å². The molecule has 102 valence electrons. The SMILES string of the molecule is O=C(Nc1ccc(C(=O)O)c(O)c1)c1c[nH]c(=O)cn1. The molecular formula is C12H9N3O5. The van der Waals surface area contributed by atoms with Crippen molar-refractivity contribution in [3.63, 3.8) is 0 Å². The van der Waals surface area contributed by atoms with Gasteiger partial charge in [0.2, 0.25) is 0 Å². The highest BCUT2D eigenvalue weighted by Gasteiger charge is 2.12. The van der Waals surface area contributed by atoms with E-state index >= 15 is 0 Å². The van der Waals surface area contributed by atoms with Crippen LogP contribution >= 0.6 is 0 Å². The van der Waals surface area contributed by atoms with E-state index in [1.807, 2.05) is 0 Å². The molecule has 0 aliphatic carbocycles. The summed E-state index contributed by atoms with van der Waals surface area (Å²) in [6.07, 6.45) is 2.10. The van der Waals surface area contributed by atoms with E-state index in [2.05, 4.69) is 15.3 Å². The van der Waals surface area contributed by atoms with Gasteiger partial charge in [0.15, 0.2) is 0 Å². The molecule has 2 aromatic rings. The zero-order valence-corrected chi connectivity index (χ0v) is 9.95. The van der Waals surface area contributed by atoms with Crippen LogP contribution in [0.3, 0.4) is 0 Å². The van der Waals surface area contributed by atoms with E-state index in [0.717, 1.165) is 24.5 Å². The van der Waals surface area contributed by atoms with Gasteiger partial charge >= 0.3 is 5.97 Å². The summed E-state index contributed by atoms with van der Waals surface area (Å²) in [5, 5.41) is 20.6. The van der Waals surface area contributed by atoms with Crippen LogP contribution in [0.4, 0.5) is 5.69 Å². The Morgan fingerprint density at radius 3 is 2.60 bits per heavy atom. The van der Waals surface area contributed by atoms with Gasteiger partial charge in [-0.2, -0.15) is 0 Å². The predicted octanol–water partition coefficient (Wildman–Crippen LogP) is 0.426. The van der Waals surface area contributed by atoms with Gasteiger partial charge in [0.05, 0.1) is 6.20 Å². The largest absolute Gasteiger partial charge is 0.507 e. The van der Waals surface area contributed by atoms with Crippen LogP contribution < -0.4 is 10.9 Å². The summed E-state index contributed by atoms with van der Waals surface area (Å²) >= 11 is 0. The fourth-order valence-electron chi connectivity index (χ4n) is 1.45. The van der Waals surface area contributed by atoms with Crippen molar-refractivity contribution in [2.24, 2.45) is 0 Å². The first-order valence-electron chi connectivity index (χ1n) is 5.40. The molecule has 0 radical (unpaired) electrons. The average molecular weight is 275 g/mol. The van der Waals surface area contributed by atoms with Crippen LogP contribution in [0, 0.1) is 0 Å². The number of carboxylic acid groups (broad SMARTS) is 1. The van der Waals surface area contributed by atoms with Crippen molar-refractivity contribution in [2.75, 3.05) is 5.32 Å². The molecule has 2 rings (SSSR count). The standard InChI is InChI=1S/C12H9N3O5/c16-9-3-6(1-2-7(9)12(19)20)15-11(18)8-4-14-10(17)5-13-8/h1-5,16H,(H,14,17)(H,15,18)(H,19,20). The Morgan fingerprint density at radius 1 is 1.30 bits per heavy atom. The number of anilines is 1. The first-order valence-corrected chi connectivity index (χ1v) is 5.40. The third-order valence-electron chi connectivity index (χ3n) is 2.39. The van der Waals surface area contributed by atoms with E-state index in [9.17, 15) is 19.5 Å². The lowest BCUT2D eigenvalue weighted by atomic mass is 10.2. The Bertz CT molecular complexity index is 718. The number of carboxylic acids is 1. The number of phenols is 1. The molecule has 8 heteroatoms. The van der Waals surface area contributed by atoms with Crippen LogP contribution in [-0.4, -0.2) is 32.1 Å². The molecule has 20 heavy (non-hydrogen) atoms. The summed E-state index contributed by atoms with van der Waals surface area (Å²) < 4.78 is 0. The van der Waals surface area contributed by atoms with Crippen molar-refractivity contribution in [3.8, 4) is 5.75 Å². The third-order valence-corrected chi connectivity index (χ3v) is 2.39. The monoisotopic (exact) mass is 275 g/mol. The Labute approximate surface area is 111 Å². The summed E-state index contributed by atoms with van der Waals surface area (Å²) in [5.41, 5.74) is -0.535. The molecule has 1 amide bonds. The van der Waals surface area contributed by atoms with E-state index in [0.29, 0.717) is 0 Å². The number of nitrogens with one attached hydrogen (secondary N) is 2. The molecule has 1 aromatic heterocycles. The second kappa shape index (κ2) is 5.22. The molecule has 8 nitrogen and oxygen atoms in total. The minimum absolute atomic E-state index is 0.0219. The van der Waals surface area contributed by atoms with Gasteiger partial charge in [0.25, 0.3) is 11.5 Å². The molecule has 4 N–H and O–H groups in total. The van der Waals surface area contributed by atoms with Crippen LogP contribution in [0.5, 0.6) is 5.75 Å². The van der Waals surface area contributed by atoms with Gasteiger partial charge in [-0.15, -0.1) is 0 Å². The molecule has 0 spiro atoms. The number of rotatable bonds is 3. The van der Waals surface area contributed by atoms with Gasteiger partial charge in [-0.05, 0) is 12.1 Å². The lowest BCUT2D eigenvalue weighted by Gasteiger charge is -2.06. The summed E-state index contributed by atoms with van der Waals surface area (Å²) in [4.78, 5) is 39.2. The highest BCUT2D eigenvalue weighted by molar-refractivity contribution is 6.03. The van der Waals surface area contributed by atoms with E-state index < -0.39 is 23.2 Å². The molecule has 0 saturated carbocycles. The Morgan fingerprint density at radius 2 is 2.05 bits per heavy atom. The fraction of sp³-hybridized carbons (Fsp3) is 0. The number of hydrogen-bond acceptors (Lipinski definition) is 5. The smallest absolute Gasteiger partial charge is 0.339 e. The molecule has 0 unspecified atom stereocenters. The average Bonchev–Trinajstić information content (AvgIpc) is 2.39. The number of carbonyl (C=O) groups is 2. The number of H-pyrrole nitrogens is 1. The van der Waals surface area contributed by atoms with E-state index in [-0.39, 0.29) is 16.9 Å². The number of carbonyl (C=O) groups excluding carboxylic acids is 1. The Hall–Kier alpha value is -3.16. The maximum absolute atomic E-state index is 11.8. The van der Waals surface area contributed by atoms with Crippen LogP contribution in [0.25, 0.3) is 0 Å².